The molecule has 4 heteroatoms. The molecular formula is C13H20F2N2. The van der Waals surface area contributed by atoms with Crippen LogP contribution in [0, 0.1) is 17.0 Å². The Balaban J connectivity index is 3.03. The van der Waals surface area contributed by atoms with Gasteiger partial charge in [0.2, 0.25) is 0 Å². The molecule has 1 aromatic carbocycles. The van der Waals surface area contributed by atoms with E-state index in [2.05, 4.69) is 0 Å². The summed E-state index contributed by atoms with van der Waals surface area (Å²) < 4.78 is 27.4. The second kappa shape index (κ2) is 5.00. The highest BCUT2D eigenvalue weighted by Gasteiger charge is 2.19. The fourth-order valence-corrected chi connectivity index (χ4v) is 1.83. The summed E-state index contributed by atoms with van der Waals surface area (Å²) in [6, 6.07) is 3.11. The third-order valence-corrected chi connectivity index (χ3v) is 2.48. The lowest BCUT2D eigenvalue weighted by Gasteiger charge is -2.28. The van der Waals surface area contributed by atoms with Gasteiger partial charge in [0.15, 0.2) is 11.6 Å². The zero-order chi connectivity index (χ0) is 13.2. The van der Waals surface area contributed by atoms with Crippen LogP contribution in [0.1, 0.15) is 26.3 Å². The van der Waals surface area contributed by atoms with Gasteiger partial charge in [-0.05, 0) is 11.5 Å². The average molecular weight is 242 g/mol. The zero-order valence-electron chi connectivity index (χ0n) is 10.8. The summed E-state index contributed by atoms with van der Waals surface area (Å²) in [5, 5.41) is 0. The number of benzene rings is 1. The maximum absolute atomic E-state index is 13.8. The van der Waals surface area contributed by atoms with Crippen molar-refractivity contribution in [2.75, 3.05) is 18.5 Å². The van der Waals surface area contributed by atoms with E-state index < -0.39 is 11.6 Å². The van der Waals surface area contributed by atoms with Crippen molar-refractivity contribution < 1.29 is 8.78 Å². The highest BCUT2D eigenvalue weighted by molar-refractivity contribution is 5.49. The molecule has 0 saturated heterocycles. The van der Waals surface area contributed by atoms with E-state index in [-0.39, 0.29) is 23.2 Å². The molecule has 0 spiro atoms. The molecule has 2 N–H and O–H groups in total. The third kappa shape index (κ3) is 3.40. The Kier molecular flexibility index (Phi) is 4.09. The molecule has 0 unspecified atom stereocenters. The molecule has 1 rings (SSSR count). The monoisotopic (exact) mass is 242 g/mol. The van der Waals surface area contributed by atoms with Gasteiger partial charge in [-0.2, -0.15) is 0 Å². The number of hydrogen-bond donors (Lipinski definition) is 1. The predicted octanol–water partition coefficient (Wildman–Crippen LogP) is 2.91. The number of rotatable bonds is 3. The van der Waals surface area contributed by atoms with Crippen molar-refractivity contribution in [2.45, 2.75) is 27.3 Å². The van der Waals surface area contributed by atoms with Gasteiger partial charge in [0.25, 0.3) is 0 Å². The van der Waals surface area contributed by atoms with Gasteiger partial charge in [0, 0.05) is 25.7 Å². The summed E-state index contributed by atoms with van der Waals surface area (Å²) in [5.74, 6) is -1.66. The van der Waals surface area contributed by atoms with E-state index in [1.165, 1.54) is 6.07 Å². The topological polar surface area (TPSA) is 29.3 Å². The largest absolute Gasteiger partial charge is 0.372 e. The summed E-state index contributed by atoms with van der Waals surface area (Å²) in [5.41, 5.74) is 5.82. The van der Waals surface area contributed by atoms with Crippen molar-refractivity contribution >= 4 is 5.69 Å². The molecule has 17 heavy (non-hydrogen) atoms. The van der Waals surface area contributed by atoms with Gasteiger partial charge in [-0.25, -0.2) is 8.78 Å². The minimum atomic E-state index is -0.842. The van der Waals surface area contributed by atoms with Crippen molar-refractivity contribution in [3.63, 3.8) is 0 Å². The van der Waals surface area contributed by atoms with E-state index in [1.54, 1.807) is 18.0 Å². The molecule has 0 aliphatic heterocycles. The molecule has 0 atom stereocenters. The predicted molar refractivity (Wildman–Crippen MR) is 67.0 cm³/mol. The normalized spacial score (nSPS) is 11.7. The lowest BCUT2D eigenvalue weighted by molar-refractivity contribution is 0.414. The molecule has 1 aromatic rings. The van der Waals surface area contributed by atoms with Crippen LogP contribution in [-0.2, 0) is 6.54 Å². The molecular weight excluding hydrogens is 222 g/mol. The fourth-order valence-electron chi connectivity index (χ4n) is 1.83. The van der Waals surface area contributed by atoms with Crippen LogP contribution in [0.25, 0.3) is 0 Å². The minimum absolute atomic E-state index is 0.00597. The molecule has 0 fully saturated rings. The van der Waals surface area contributed by atoms with E-state index >= 15 is 0 Å². The van der Waals surface area contributed by atoms with Gasteiger partial charge < -0.3 is 10.6 Å². The Morgan fingerprint density at radius 2 is 1.76 bits per heavy atom. The van der Waals surface area contributed by atoms with Crippen molar-refractivity contribution in [2.24, 2.45) is 11.1 Å². The summed E-state index contributed by atoms with van der Waals surface area (Å²) in [7, 11) is 1.76. The SMILES string of the molecule is CN(CC(C)(C)C)c1ccc(CN)c(F)c1F. The van der Waals surface area contributed by atoms with Crippen molar-refractivity contribution in [3.05, 3.63) is 29.3 Å². The van der Waals surface area contributed by atoms with Crippen LogP contribution in [0.2, 0.25) is 0 Å². The van der Waals surface area contributed by atoms with Gasteiger partial charge in [-0.1, -0.05) is 26.8 Å². The maximum Gasteiger partial charge on any atom is 0.182 e. The van der Waals surface area contributed by atoms with Gasteiger partial charge in [-0.15, -0.1) is 0 Å². The zero-order valence-corrected chi connectivity index (χ0v) is 10.8. The van der Waals surface area contributed by atoms with Crippen molar-refractivity contribution in [3.8, 4) is 0 Å². The second-order valence-electron chi connectivity index (χ2n) is 5.49. The van der Waals surface area contributed by atoms with Gasteiger partial charge >= 0.3 is 0 Å². The smallest absolute Gasteiger partial charge is 0.182 e. The first kappa shape index (κ1) is 13.9. The Morgan fingerprint density at radius 3 is 2.24 bits per heavy atom. The lowest BCUT2D eigenvalue weighted by Crippen LogP contribution is -2.30. The van der Waals surface area contributed by atoms with Crippen molar-refractivity contribution in [1.29, 1.82) is 0 Å². The Labute approximate surface area is 101 Å². The third-order valence-electron chi connectivity index (χ3n) is 2.48. The van der Waals surface area contributed by atoms with Gasteiger partial charge in [0.05, 0.1) is 5.69 Å². The number of halogens is 2. The molecule has 0 aliphatic rings. The summed E-state index contributed by atoms with van der Waals surface area (Å²) in [6.07, 6.45) is 0. The Hall–Kier alpha value is -1.16. The van der Waals surface area contributed by atoms with Gasteiger partial charge in [0.1, 0.15) is 0 Å². The first-order valence-electron chi connectivity index (χ1n) is 5.64. The number of anilines is 1. The second-order valence-corrected chi connectivity index (χ2v) is 5.49. The number of nitrogens with zero attached hydrogens (tertiary/aromatic N) is 1. The maximum atomic E-state index is 13.8. The number of hydrogen-bond acceptors (Lipinski definition) is 2. The summed E-state index contributed by atoms with van der Waals surface area (Å²) in [4.78, 5) is 1.72. The quantitative estimate of drug-likeness (QED) is 0.883. The molecule has 0 bridgehead atoms. The molecule has 0 saturated carbocycles. The Morgan fingerprint density at radius 1 is 1.18 bits per heavy atom. The fraction of sp³-hybridized carbons (Fsp3) is 0.538. The standard InChI is InChI=1S/C13H20F2N2/c1-13(2,3)8-17(4)10-6-5-9(7-16)11(14)12(10)15/h5-6H,7-8,16H2,1-4H3. The highest BCUT2D eigenvalue weighted by atomic mass is 19.2. The van der Waals surface area contributed by atoms with Crippen LogP contribution in [0.5, 0.6) is 0 Å². The highest BCUT2D eigenvalue weighted by Crippen LogP contribution is 2.26. The summed E-state index contributed by atoms with van der Waals surface area (Å²) in [6.45, 7) is 6.79. The van der Waals surface area contributed by atoms with Crippen molar-refractivity contribution in [1.82, 2.24) is 0 Å². The molecule has 0 heterocycles. The van der Waals surface area contributed by atoms with Gasteiger partial charge in [-0.3, -0.25) is 0 Å². The number of nitrogens with two attached hydrogens (primary N) is 1. The van der Waals surface area contributed by atoms with Crippen LogP contribution in [0.4, 0.5) is 14.5 Å². The van der Waals surface area contributed by atoms with E-state index in [0.29, 0.717) is 6.54 Å². The van der Waals surface area contributed by atoms with Crippen LogP contribution in [0.3, 0.4) is 0 Å². The van der Waals surface area contributed by atoms with Crippen LogP contribution >= 0.6 is 0 Å². The van der Waals surface area contributed by atoms with Crippen LogP contribution in [-0.4, -0.2) is 13.6 Å². The molecule has 96 valence electrons. The molecule has 2 nitrogen and oxygen atoms in total. The first-order chi connectivity index (χ1) is 7.76. The van der Waals surface area contributed by atoms with E-state index in [9.17, 15) is 8.78 Å². The van der Waals surface area contributed by atoms with E-state index in [4.69, 9.17) is 5.73 Å². The average Bonchev–Trinajstić information content (AvgIpc) is 2.19. The van der Waals surface area contributed by atoms with Crippen LogP contribution < -0.4 is 10.6 Å². The molecule has 0 amide bonds. The lowest BCUT2D eigenvalue weighted by atomic mass is 9.96. The minimum Gasteiger partial charge on any atom is -0.372 e. The van der Waals surface area contributed by atoms with E-state index in [0.717, 1.165) is 0 Å². The van der Waals surface area contributed by atoms with E-state index in [1.807, 2.05) is 20.8 Å². The first-order valence-corrected chi connectivity index (χ1v) is 5.64. The molecule has 0 aromatic heterocycles. The summed E-state index contributed by atoms with van der Waals surface area (Å²) >= 11 is 0. The molecule has 0 radical (unpaired) electrons. The van der Waals surface area contributed by atoms with Crippen LogP contribution in [0.15, 0.2) is 12.1 Å². The molecule has 0 aliphatic carbocycles. The Bertz CT molecular complexity index is 397.